The van der Waals surface area contributed by atoms with Crippen LogP contribution in [-0.4, -0.2) is 0 Å². The first-order chi connectivity index (χ1) is 6.16. The number of hydrogen-bond donors (Lipinski definition) is 0. The van der Waals surface area contributed by atoms with Gasteiger partial charge in [0, 0.05) is 0 Å². The average Bonchev–Trinajstić information content (AvgIpc) is 2.03. The monoisotopic (exact) mass is 172 g/mol. The third-order valence-corrected chi connectivity index (χ3v) is 1.29. The van der Waals surface area contributed by atoms with E-state index in [1.807, 2.05) is 43.4 Å². The fraction of sp³-hybridized carbons (Fsp3) is 0.0769. The topological polar surface area (TPSA) is 0 Å². The van der Waals surface area contributed by atoms with Crippen LogP contribution in [0.25, 0.3) is 0 Å². The molecule has 0 fully saturated rings. The zero-order valence-electron chi connectivity index (χ0n) is 8.16. The summed E-state index contributed by atoms with van der Waals surface area (Å²) >= 11 is 0. The molecule has 0 N–H and O–H groups in total. The molecule has 0 atom stereocenters. The largest absolute Gasteiger partial charge is 0.0958 e. The highest BCUT2D eigenvalue weighted by molar-refractivity contribution is 5.26. The maximum absolute atomic E-state index is 3.65. The third kappa shape index (κ3) is 8.61. The van der Waals surface area contributed by atoms with E-state index in [9.17, 15) is 0 Å². The molecule has 0 rings (SSSR count). The van der Waals surface area contributed by atoms with Gasteiger partial charge in [0.1, 0.15) is 0 Å². The Balaban J connectivity index is 4.00. The minimum absolute atomic E-state index is 0.808. The van der Waals surface area contributed by atoms with Gasteiger partial charge in [0.25, 0.3) is 0 Å². The second-order valence-electron chi connectivity index (χ2n) is 2.72. The van der Waals surface area contributed by atoms with Gasteiger partial charge in [-0.05, 0) is 20.8 Å². The molecule has 0 nitrogen and oxygen atoms in total. The van der Waals surface area contributed by atoms with Gasteiger partial charge in [-0.2, -0.15) is 0 Å². The maximum Gasteiger partial charge on any atom is -0.0244 e. The molecule has 0 amide bonds. The highest BCUT2D eigenvalue weighted by Gasteiger charge is 1.74. The Bertz CT molecular complexity index is 260. The van der Waals surface area contributed by atoms with Crippen molar-refractivity contribution in [3.8, 4) is 0 Å². The number of allylic oxidation sites excluding steroid dienone is 9. The third-order valence-electron chi connectivity index (χ3n) is 1.29. The van der Waals surface area contributed by atoms with Crippen molar-refractivity contribution in [2.24, 2.45) is 0 Å². The van der Waals surface area contributed by atoms with Gasteiger partial charge < -0.3 is 0 Å². The van der Waals surface area contributed by atoms with Crippen LogP contribution in [0.3, 0.4) is 0 Å². The SMILES string of the molecule is [CH2]\C=C/C(C)=C/C=C\C=C/C([CH2])=C. The molecule has 0 aromatic carbocycles. The lowest BCUT2D eigenvalue weighted by atomic mass is 10.2. The molecule has 0 aliphatic carbocycles. The summed E-state index contributed by atoms with van der Waals surface area (Å²) in [6, 6.07) is 0. The van der Waals surface area contributed by atoms with Crippen molar-refractivity contribution in [3.05, 3.63) is 74.1 Å². The van der Waals surface area contributed by atoms with Gasteiger partial charge in [-0.1, -0.05) is 60.3 Å². The van der Waals surface area contributed by atoms with Crippen LogP contribution in [0.15, 0.2) is 60.3 Å². The molecule has 0 bridgehead atoms. The van der Waals surface area contributed by atoms with Crippen LogP contribution < -0.4 is 0 Å². The van der Waals surface area contributed by atoms with Gasteiger partial charge in [0.15, 0.2) is 0 Å². The predicted molar refractivity (Wildman–Crippen MR) is 61.0 cm³/mol. The summed E-state index contributed by atoms with van der Waals surface area (Å²) in [5.74, 6) is 0. The smallest absolute Gasteiger partial charge is 0.0244 e. The lowest BCUT2D eigenvalue weighted by Crippen LogP contribution is -1.64. The van der Waals surface area contributed by atoms with Crippen LogP contribution in [-0.2, 0) is 0 Å². The lowest BCUT2D eigenvalue weighted by Gasteiger charge is -1.85. The first kappa shape index (κ1) is 11.7. The summed E-state index contributed by atoms with van der Waals surface area (Å²) in [6.45, 7) is 12.9. The normalized spacial score (nSPS) is 13.6. The van der Waals surface area contributed by atoms with Crippen molar-refractivity contribution >= 4 is 0 Å². The van der Waals surface area contributed by atoms with Crippen molar-refractivity contribution in [3.63, 3.8) is 0 Å². The van der Waals surface area contributed by atoms with E-state index in [1.54, 1.807) is 6.08 Å². The Morgan fingerprint density at radius 1 is 1.08 bits per heavy atom. The predicted octanol–water partition coefficient (Wildman–Crippen LogP) is 3.83. The molecule has 68 valence electrons. The summed E-state index contributed by atoms with van der Waals surface area (Å²) in [5, 5.41) is 0. The van der Waals surface area contributed by atoms with E-state index < -0.39 is 0 Å². The van der Waals surface area contributed by atoms with Gasteiger partial charge in [-0.3, -0.25) is 0 Å². The molecule has 0 aliphatic heterocycles. The van der Waals surface area contributed by atoms with Gasteiger partial charge in [-0.15, -0.1) is 0 Å². The first-order valence-corrected chi connectivity index (χ1v) is 4.15. The molecule has 0 heterocycles. The van der Waals surface area contributed by atoms with E-state index in [2.05, 4.69) is 20.4 Å². The zero-order chi connectivity index (χ0) is 10.1. The van der Waals surface area contributed by atoms with Crippen molar-refractivity contribution in [1.29, 1.82) is 0 Å². The number of rotatable bonds is 4. The van der Waals surface area contributed by atoms with Crippen molar-refractivity contribution in [1.82, 2.24) is 0 Å². The highest BCUT2D eigenvalue weighted by Crippen LogP contribution is 1.95. The minimum atomic E-state index is 0.808. The van der Waals surface area contributed by atoms with Gasteiger partial charge >= 0.3 is 0 Å². The molecule has 0 unspecified atom stereocenters. The lowest BCUT2D eigenvalue weighted by molar-refractivity contribution is 1.52. The van der Waals surface area contributed by atoms with E-state index in [0.717, 1.165) is 5.57 Å². The summed E-state index contributed by atoms with van der Waals surface area (Å²) < 4.78 is 0. The molecule has 0 heteroatoms. The fourth-order valence-corrected chi connectivity index (χ4v) is 0.705. The van der Waals surface area contributed by atoms with E-state index in [0.29, 0.717) is 0 Å². The maximum atomic E-state index is 3.65. The van der Waals surface area contributed by atoms with Gasteiger partial charge in [0.2, 0.25) is 0 Å². The molecule has 0 saturated heterocycles. The van der Waals surface area contributed by atoms with Crippen LogP contribution in [0.4, 0.5) is 0 Å². The van der Waals surface area contributed by atoms with Crippen molar-refractivity contribution in [2.75, 3.05) is 0 Å². The summed E-state index contributed by atoms with van der Waals surface area (Å²) in [4.78, 5) is 0. The fourth-order valence-electron chi connectivity index (χ4n) is 0.705. The van der Waals surface area contributed by atoms with Crippen LogP contribution >= 0.6 is 0 Å². The van der Waals surface area contributed by atoms with E-state index in [-0.39, 0.29) is 0 Å². The first-order valence-electron chi connectivity index (χ1n) is 4.15. The van der Waals surface area contributed by atoms with Crippen LogP contribution in [0, 0.1) is 13.8 Å². The molecule has 13 heavy (non-hydrogen) atoms. The van der Waals surface area contributed by atoms with Gasteiger partial charge in [0.05, 0.1) is 0 Å². The van der Waals surface area contributed by atoms with Crippen LogP contribution in [0.2, 0.25) is 0 Å². The standard InChI is InChI=1S/C13H16/c1-5-9-13(4)11-8-6-7-10-12(2)3/h5-11H,1-3H2,4H3/b8-6-,9-5-,10-7-,13-11+. The molecule has 0 saturated carbocycles. The molecule has 0 spiro atoms. The molecular formula is C13H16. The second-order valence-corrected chi connectivity index (χ2v) is 2.72. The van der Waals surface area contributed by atoms with Crippen LogP contribution in [0.1, 0.15) is 6.92 Å². The van der Waals surface area contributed by atoms with E-state index in [1.165, 1.54) is 5.57 Å². The van der Waals surface area contributed by atoms with Crippen LogP contribution in [0.5, 0.6) is 0 Å². The minimum Gasteiger partial charge on any atom is -0.0958 e. The Morgan fingerprint density at radius 3 is 2.31 bits per heavy atom. The zero-order valence-corrected chi connectivity index (χ0v) is 8.16. The summed E-state index contributed by atoms with van der Waals surface area (Å²) in [5.41, 5.74) is 1.98. The summed E-state index contributed by atoms with van der Waals surface area (Å²) in [7, 11) is 0. The average molecular weight is 172 g/mol. The number of hydrogen-bond acceptors (Lipinski definition) is 0. The Morgan fingerprint density at radius 2 is 1.77 bits per heavy atom. The second kappa shape index (κ2) is 7.35. The highest BCUT2D eigenvalue weighted by atomic mass is 13.8. The molecule has 2 radical (unpaired) electrons. The molecule has 0 aliphatic rings. The van der Waals surface area contributed by atoms with Crippen molar-refractivity contribution < 1.29 is 0 Å². The summed E-state index contributed by atoms with van der Waals surface area (Å²) in [6.07, 6.45) is 13.4. The van der Waals surface area contributed by atoms with Crippen molar-refractivity contribution in [2.45, 2.75) is 6.92 Å². The molecule has 0 aromatic heterocycles. The van der Waals surface area contributed by atoms with Gasteiger partial charge in [-0.25, -0.2) is 0 Å². The van der Waals surface area contributed by atoms with E-state index in [4.69, 9.17) is 0 Å². The molecule has 0 aromatic rings. The molecular weight excluding hydrogens is 156 g/mol. The Kier molecular flexibility index (Phi) is 6.62. The van der Waals surface area contributed by atoms with E-state index >= 15 is 0 Å². The Hall–Kier alpha value is -1.30. The Labute approximate surface area is 81.7 Å². The quantitative estimate of drug-likeness (QED) is 0.565.